The van der Waals surface area contributed by atoms with Gasteiger partial charge in [-0.05, 0) is 50.8 Å². The molecular weight excluding hydrogens is 381 g/mol. The van der Waals surface area contributed by atoms with E-state index >= 15 is 0 Å². The molecule has 0 amide bonds. The summed E-state index contributed by atoms with van der Waals surface area (Å²) in [6.07, 6.45) is 2.57. The third-order valence-electron chi connectivity index (χ3n) is 4.23. The highest BCUT2D eigenvalue weighted by Gasteiger charge is 2.12. The van der Waals surface area contributed by atoms with Crippen LogP contribution in [0, 0.1) is 5.82 Å². The second-order valence-corrected chi connectivity index (χ2v) is 7.07. The molecule has 0 saturated heterocycles. The third kappa shape index (κ3) is 4.82. The Hall–Kier alpha value is -2.57. The average molecular weight is 404 g/mol. The summed E-state index contributed by atoms with van der Waals surface area (Å²) < 4.78 is 25.5. The van der Waals surface area contributed by atoms with E-state index in [4.69, 9.17) is 21.1 Å². The quantitative estimate of drug-likeness (QED) is 0.529. The zero-order valence-corrected chi connectivity index (χ0v) is 16.9. The van der Waals surface area contributed by atoms with Gasteiger partial charge in [0.1, 0.15) is 5.82 Å². The Balaban J connectivity index is 1.89. The van der Waals surface area contributed by atoms with Crippen molar-refractivity contribution in [3.63, 3.8) is 0 Å². The molecule has 7 heteroatoms. The van der Waals surface area contributed by atoms with Gasteiger partial charge in [-0.1, -0.05) is 11.6 Å². The Kier molecular flexibility index (Phi) is 6.54. The maximum Gasteiger partial charge on any atom is 0.163 e. The van der Waals surface area contributed by atoms with E-state index in [1.165, 1.54) is 6.07 Å². The van der Waals surface area contributed by atoms with E-state index in [0.717, 1.165) is 23.9 Å². The first-order chi connectivity index (χ1) is 13.5. The van der Waals surface area contributed by atoms with E-state index in [9.17, 15) is 4.39 Å². The molecule has 0 saturated carbocycles. The fraction of sp³-hybridized carbons (Fsp3) is 0.286. The monoisotopic (exact) mass is 403 g/mol. The van der Waals surface area contributed by atoms with Crippen molar-refractivity contribution in [2.24, 2.45) is 0 Å². The molecule has 0 aliphatic heterocycles. The number of nitrogens with one attached hydrogen (secondary N) is 1. The van der Waals surface area contributed by atoms with Crippen molar-refractivity contribution in [1.82, 2.24) is 9.88 Å². The van der Waals surface area contributed by atoms with Gasteiger partial charge in [0.15, 0.2) is 11.5 Å². The molecule has 0 unspecified atom stereocenters. The summed E-state index contributed by atoms with van der Waals surface area (Å²) in [4.78, 5) is 6.52. The normalized spacial score (nSPS) is 11.1. The number of nitrogens with zero attached hydrogens (tertiary/aromatic N) is 2. The van der Waals surface area contributed by atoms with Crippen LogP contribution in [0.2, 0.25) is 5.02 Å². The van der Waals surface area contributed by atoms with Crippen molar-refractivity contribution >= 4 is 33.9 Å². The number of ether oxygens (including phenoxy) is 2. The van der Waals surface area contributed by atoms with Gasteiger partial charge in [-0.3, -0.25) is 4.98 Å². The number of pyridine rings is 1. The minimum atomic E-state index is -0.426. The summed E-state index contributed by atoms with van der Waals surface area (Å²) in [6.45, 7) is 1.52. The summed E-state index contributed by atoms with van der Waals surface area (Å²) in [6, 6.07) is 9.98. The molecule has 3 aromatic rings. The van der Waals surface area contributed by atoms with Crippen molar-refractivity contribution < 1.29 is 13.9 Å². The third-order valence-corrected chi connectivity index (χ3v) is 4.47. The lowest BCUT2D eigenvalue weighted by Gasteiger charge is -2.15. The number of hydrogen-bond acceptors (Lipinski definition) is 5. The molecule has 0 bridgehead atoms. The van der Waals surface area contributed by atoms with Crippen LogP contribution in [0.1, 0.15) is 6.42 Å². The highest BCUT2D eigenvalue weighted by atomic mass is 35.5. The number of methoxy groups -OCH3 is 1. The van der Waals surface area contributed by atoms with Crippen LogP contribution in [0.3, 0.4) is 0 Å². The molecule has 0 aliphatic carbocycles. The van der Waals surface area contributed by atoms with Crippen LogP contribution in [0.25, 0.3) is 10.9 Å². The number of hydrogen-bond donors (Lipinski definition) is 1. The first kappa shape index (κ1) is 20.2. The van der Waals surface area contributed by atoms with Crippen molar-refractivity contribution in [3.8, 4) is 11.5 Å². The number of rotatable bonds is 8. The van der Waals surface area contributed by atoms with Gasteiger partial charge in [0.2, 0.25) is 0 Å². The predicted octanol–water partition coefficient (Wildman–Crippen LogP) is 5.11. The molecule has 5 nitrogen and oxygen atoms in total. The molecule has 0 aliphatic rings. The maximum atomic E-state index is 14.2. The molecule has 2 aromatic carbocycles. The first-order valence-electron chi connectivity index (χ1n) is 8.94. The Morgan fingerprint density at radius 2 is 1.93 bits per heavy atom. The van der Waals surface area contributed by atoms with Gasteiger partial charge in [0, 0.05) is 34.9 Å². The van der Waals surface area contributed by atoms with Crippen LogP contribution in [0.5, 0.6) is 11.5 Å². The van der Waals surface area contributed by atoms with E-state index in [1.807, 2.05) is 26.2 Å². The summed E-state index contributed by atoms with van der Waals surface area (Å²) in [5.41, 5.74) is 1.77. The summed E-state index contributed by atoms with van der Waals surface area (Å²) in [5, 5.41) is 4.25. The van der Waals surface area contributed by atoms with Gasteiger partial charge in [0.25, 0.3) is 0 Å². The van der Waals surface area contributed by atoms with Gasteiger partial charge in [-0.25, -0.2) is 4.39 Å². The number of benzene rings is 2. The second kappa shape index (κ2) is 9.08. The van der Waals surface area contributed by atoms with E-state index in [2.05, 4.69) is 15.2 Å². The minimum absolute atomic E-state index is 0.333. The number of aromatic nitrogens is 1. The second-order valence-electron chi connectivity index (χ2n) is 6.63. The lowest BCUT2D eigenvalue weighted by atomic mass is 10.1. The van der Waals surface area contributed by atoms with Crippen molar-refractivity contribution in [2.75, 3.05) is 39.7 Å². The smallest absolute Gasteiger partial charge is 0.163 e. The van der Waals surface area contributed by atoms with Gasteiger partial charge in [-0.15, -0.1) is 0 Å². The van der Waals surface area contributed by atoms with Crippen LogP contribution < -0.4 is 14.8 Å². The first-order valence-corrected chi connectivity index (χ1v) is 9.32. The molecule has 0 spiro atoms. The van der Waals surface area contributed by atoms with Crippen molar-refractivity contribution in [2.45, 2.75) is 6.42 Å². The Bertz CT molecular complexity index is 966. The molecule has 1 aromatic heterocycles. The molecule has 28 heavy (non-hydrogen) atoms. The van der Waals surface area contributed by atoms with E-state index in [0.29, 0.717) is 34.5 Å². The minimum Gasteiger partial charge on any atom is -0.493 e. The Labute approximate surface area is 169 Å². The van der Waals surface area contributed by atoms with Gasteiger partial charge < -0.3 is 19.7 Å². The molecule has 0 fully saturated rings. The molecular formula is C21H23ClFN3O2. The largest absolute Gasteiger partial charge is 0.493 e. The predicted molar refractivity (Wildman–Crippen MR) is 112 cm³/mol. The fourth-order valence-corrected chi connectivity index (χ4v) is 2.99. The van der Waals surface area contributed by atoms with Crippen LogP contribution in [0.15, 0.2) is 42.6 Å². The SMILES string of the molecule is COc1cc2c(Nc3ccc(Cl)cc3F)ccnc2cc1OCCCN(C)C. The van der Waals surface area contributed by atoms with Gasteiger partial charge in [0.05, 0.1) is 24.9 Å². The Morgan fingerprint density at radius 1 is 1.11 bits per heavy atom. The molecule has 0 radical (unpaired) electrons. The van der Waals surface area contributed by atoms with Crippen molar-refractivity contribution in [3.05, 3.63) is 53.4 Å². The topological polar surface area (TPSA) is 46.6 Å². The lowest BCUT2D eigenvalue weighted by molar-refractivity contribution is 0.268. The van der Waals surface area contributed by atoms with Gasteiger partial charge >= 0.3 is 0 Å². The average Bonchev–Trinajstić information content (AvgIpc) is 2.66. The lowest BCUT2D eigenvalue weighted by Crippen LogP contribution is -2.15. The summed E-state index contributed by atoms with van der Waals surface area (Å²) in [5.74, 6) is 0.811. The van der Waals surface area contributed by atoms with Crippen LogP contribution in [-0.4, -0.2) is 44.2 Å². The Morgan fingerprint density at radius 3 is 2.64 bits per heavy atom. The van der Waals surface area contributed by atoms with E-state index in [1.54, 1.807) is 31.5 Å². The zero-order valence-electron chi connectivity index (χ0n) is 16.1. The molecule has 3 rings (SSSR count). The van der Waals surface area contributed by atoms with E-state index in [-0.39, 0.29) is 0 Å². The summed E-state index contributed by atoms with van der Waals surface area (Å²) >= 11 is 5.83. The van der Waals surface area contributed by atoms with Gasteiger partial charge in [-0.2, -0.15) is 0 Å². The molecule has 1 N–H and O–H groups in total. The summed E-state index contributed by atoms with van der Waals surface area (Å²) in [7, 11) is 5.65. The molecule has 148 valence electrons. The maximum absolute atomic E-state index is 14.2. The number of fused-ring (bicyclic) bond motifs is 1. The highest BCUT2D eigenvalue weighted by Crippen LogP contribution is 2.36. The van der Waals surface area contributed by atoms with Crippen LogP contribution in [0.4, 0.5) is 15.8 Å². The van der Waals surface area contributed by atoms with E-state index < -0.39 is 5.82 Å². The van der Waals surface area contributed by atoms with Crippen LogP contribution in [-0.2, 0) is 0 Å². The highest BCUT2D eigenvalue weighted by molar-refractivity contribution is 6.30. The zero-order chi connectivity index (χ0) is 20.1. The number of anilines is 2. The number of halogens is 2. The standard InChI is InChI=1S/C21H23ClFN3O2/c1-26(2)9-4-10-28-21-13-19-15(12-20(21)27-3)17(7-8-24-19)25-18-6-5-14(22)11-16(18)23/h5-8,11-13H,4,9-10H2,1-3H3,(H,24,25). The molecule has 0 atom stereocenters. The van der Waals surface area contributed by atoms with Crippen LogP contribution >= 0.6 is 11.6 Å². The molecule has 1 heterocycles. The van der Waals surface area contributed by atoms with Crippen molar-refractivity contribution in [1.29, 1.82) is 0 Å². The fourth-order valence-electron chi connectivity index (χ4n) is 2.83.